The van der Waals surface area contributed by atoms with Gasteiger partial charge in [0.15, 0.2) is 0 Å². The Kier molecular flexibility index (Phi) is 6.84. The second kappa shape index (κ2) is 10.2. The predicted octanol–water partition coefficient (Wildman–Crippen LogP) is 3.92. The molecule has 4 aromatic rings. The molecule has 0 aromatic carbocycles. The molecule has 1 saturated heterocycles. The van der Waals surface area contributed by atoms with E-state index in [0.29, 0.717) is 36.2 Å². The van der Waals surface area contributed by atoms with E-state index in [-0.39, 0.29) is 12.5 Å². The number of piperazine rings is 1. The molecule has 1 aliphatic heterocycles. The Morgan fingerprint density at radius 1 is 1.03 bits per heavy atom. The van der Waals surface area contributed by atoms with E-state index in [4.69, 9.17) is 28.2 Å². The number of nitrogens with one attached hydrogen (secondary N) is 1. The number of aromatic nitrogens is 4. The lowest BCUT2D eigenvalue weighted by Gasteiger charge is -2.36. The maximum atomic E-state index is 13.1. The molecule has 0 saturated carbocycles. The van der Waals surface area contributed by atoms with Gasteiger partial charge in [-0.25, -0.2) is 9.97 Å². The van der Waals surface area contributed by atoms with Crippen LogP contribution in [0.5, 0.6) is 0 Å². The molecule has 0 bridgehead atoms. The highest BCUT2D eigenvalue weighted by molar-refractivity contribution is 6.38. The van der Waals surface area contributed by atoms with Gasteiger partial charge in [0.05, 0.1) is 22.3 Å². The summed E-state index contributed by atoms with van der Waals surface area (Å²) >= 11 is 12.6. The second-order valence-electron chi connectivity index (χ2n) is 8.71. The molecule has 0 radical (unpaired) electrons. The van der Waals surface area contributed by atoms with Crippen molar-refractivity contribution in [1.29, 1.82) is 0 Å². The molecule has 4 aromatic heterocycles. The highest BCUT2D eigenvalue weighted by atomic mass is 35.5. The van der Waals surface area contributed by atoms with Gasteiger partial charge in [-0.1, -0.05) is 29.3 Å². The Morgan fingerprint density at radius 3 is 2.44 bits per heavy atom. The van der Waals surface area contributed by atoms with Gasteiger partial charge in [0.2, 0.25) is 5.91 Å². The molecule has 5 rings (SSSR count). The first-order valence-corrected chi connectivity index (χ1v) is 12.3. The fourth-order valence-electron chi connectivity index (χ4n) is 4.31. The fraction of sp³-hybridized carbons (Fsp3) is 0.280. The highest BCUT2D eigenvalue weighted by Crippen LogP contribution is 2.33. The second-order valence-corrected chi connectivity index (χ2v) is 9.52. The van der Waals surface area contributed by atoms with Gasteiger partial charge >= 0.3 is 0 Å². The average molecular weight is 525 g/mol. The van der Waals surface area contributed by atoms with Crippen molar-refractivity contribution in [2.24, 2.45) is 0 Å². The maximum absolute atomic E-state index is 13.1. The van der Waals surface area contributed by atoms with Gasteiger partial charge in [0.25, 0.3) is 0 Å². The third-order valence-corrected chi connectivity index (χ3v) is 6.75. The van der Waals surface area contributed by atoms with Gasteiger partial charge < -0.3 is 20.0 Å². The molecule has 11 heteroatoms. The molecule has 36 heavy (non-hydrogen) atoms. The Bertz CT molecular complexity index is 1360. The Morgan fingerprint density at radius 2 is 1.78 bits per heavy atom. The monoisotopic (exact) mass is 524 g/mol. The van der Waals surface area contributed by atoms with Crippen molar-refractivity contribution >= 4 is 52.1 Å². The minimum absolute atomic E-state index is 0.0134. The van der Waals surface area contributed by atoms with Crippen LogP contribution < -0.4 is 15.1 Å². The minimum atomic E-state index is 0.0134. The molecular weight excluding hydrogens is 499 g/mol. The Labute approximate surface area is 219 Å². The zero-order valence-corrected chi connectivity index (χ0v) is 21.5. The van der Waals surface area contributed by atoms with Gasteiger partial charge in [-0.3, -0.25) is 14.2 Å². The number of rotatable bonds is 6. The standard InChI is InChI=1S/C25H26Cl2N8O/c1-32(2)20-7-6-17(13-29-20)23-25(35-8-4-3-5-21(35)31-23)30-16-22(36)33-9-11-34(12-10-33)24-18(26)14-28-15-19(24)27/h3-8,13-15,30H,9-12,16H2,1-2H3. The molecule has 1 aliphatic rings. The number of carbonyl (C=O) groups is 1. The molecule has 0 unspecified atom stereocenters. The van der Waals surface area contributed by atoms with Crippen molar-refractivity contribution in [3.05, 3.63) is 65.2 Å². The van der Waals surface area contributed by atoms with Crippen LogP contribution in [0.1, 0.15) is 0 Å². The van der Waals surface area contributed by atoms with Gasteiger partial charge in [0, 0.05) is 70.6 Å². The van der Waals surface area contributed by atoms with E-state index in [1.165, 1.54) is 0 Å². The van der Waals surface area contributed by atoms with Crippen LogP contribution in [0.2, 0.25) is 10.0 Å². The van der Waals surface area contributed by atoms with Crippen LogP contribution in [0.4, 0.5) is 17.3 Å². The Hall–Kier alpha value is -3.56. The van der Waals surface area contributed by atoms with Crippen LogP contribution in [0, 0.1) is 0 Å². The van der Waals surface area contributed by atoms with Crippen LogP contribution in [-0.2, 0) is 4.79 Å². The summed E-state index contributed by atoms with van der Waals surface area (Å²) < 4.78 is 1.95. The molecule has 5 heterocycles. The van der Waals surface area contributed by atoms with Crippen LogP contribution in [0.25, 0.3) is 16.9 Å². The van der Waals surface area contributed by atoms with Crippen molar-refractivity contribution in [2.75, 3.05) is 61.9 Å². The van der Waals surface area contributed by atoms with Crippen molar-refractivity contribution in [3.63, 3.8) is 0 Å². The number of anilines is 3. The lowest BCUT2D eigenvalue weighted by Crippen LogP contribution is -2.50. The van der Waals surface area contributed by atoms with Gasteiger partial charge in [-0.05, 0) is 24.3 Å². The predicted molar refractivity (Wildman–Crippen MR) is 144 cm³/mol. The SMILES string of the molecule is CN(C)c1ccc(-c2nc3ccccn3c2NCC(=O)N2CCN(c3c(Cl)cncc3Cl)CC2)cn1. The molecular formula is C25H26Cl2N8O. The number of pyridine rings is 3. The number of imidazole rings is 1. The quantitative estimate of drug-likeness (QED) is 0.409. The van der Waals surface area contributed by atoms with Crippen LogP contribution in [-0.4, -0.2) is 77.0 Å². The number of fused-ring (bicyclic) bond motifs is 1. The highest BCUT2D eigenvalue weighted by Gasteiger charge is 2.24. The molecule has 0 aliphatic carbocycles. The lowest BCUT2D eigenvalue weighted by molar-refractivity contribution is -0.129. The van der Waals surface area contributed by atoms with E-state index in [2.05, 4.69) is 20.2 Å². The number of halogens is 2. The first kappa shape index (κ1) is 24.1. The van der Waals surface area contributed by atoms with Crippen molar-refractivity contribution in [2.45, 2.75) is 0 Å². The van der Waals surface area contributed by atoms with E-state index in [0.717, 1.165) is 34.2 Å². The number of hydrogen-bond donors (Lipinski definition) is 1. The lowest BCUT2D eigenvalue weighted by atomic mass is 10.2. The summed E-state index contributed by atoms with van der Waals surface area (Å²) in [6.07, 6.45) is 6.91. The average Bonchev–Trinajstić information content (AvgIpc) is 3.26. The summed E-state index contributed by atoms with van der Waals surface area (Å²) in [7, 11) is 3.90. The molecule has 9 nitrogen and oxygen atoms in total. The minimum Gasteiger partial charge on any atom is -0.365 e. The summed E-state index contributed by atoms with van der Waals surface area (Å²) in [5.74, 6) is 1.63. The van der Waals surface area contributed by atoms with E-state index in [9.17, 15) is 4.79 Å². The fourth-order valence-corrected chi connectivity index (χ4v) is 4.92. The molecule has 0 spiro atoms. The summed E-state index contributed by atoms with van der Waals surface area (Å²) in [5.41, 5.74) is 3.18. The third-order valence-electron chi connectivity index (χ3n) is 6.19. The number of hydrogen-bond acceptors (Lipinski definition) is 7. The van der Waals surface area contributed by atoms with Gasteiger partial charge in [0.1, 0.15) is 23.0 Å². The first-order valence-electron chi connectivity index (χ1n) is 11.6. The summed E-state index contributed by atoms with van der Waals surface area (Å²) in [4.78, 5) is 32.3. The van der Waals surface area contributed by atoms with E-state index in [1.54, 1.807) is 18.6 Å². The molecule has 0 atom stereocenters. The third kappa shape index (κ3) is 4.76. The molecule has 186 valence electrons. The van der Waals surface area contributed by atoms with Crippen molar-refractivity contribution < 1.29 is 4.79 Å². The van der Waals surface area contributed by atoms with Crippen molar-refractivity contribution in [3.8, 4) is 11.3 Å². The zero-order chi connectivity index (χ0) is 25.2. The normalized spacial score (nSPS) is 13.8. The number of nitrogens with zero attached hydrogens (tertiary/aromatic N) is 7. The van der Waals surface area contributed by atoms with E-state index < -0.39 is 0 Å². The van der Waals surface area contributed by atoms with Crippen LogP contribution in [0.3, 0.4) is 0 Å². The molecule has 1 amide bonds. The van der Waals surface area contributed by atoms with Gasteiger partial charge in [-0.15, -0.1) is 0 Å². The zero-order valence-electron chi connectivity index (χ0n) is 20.0. The van der Waals surface area contributed by atoms with Crippen LogP contribution >= 0.6 is 23.2 Å². The summed E-state index contributed by atoms with van der Waals surface area (Å²) in [6.45, 7) is 2.58. The number of amides is 1. The maximum Gasteiger partial charge on any atom is 0.242 e. The first-order chi connectivity index (χ1) is 17.4. The van der Waals surface area contributed by atoms with Crippen molar-refractivity contribution in [1.82, 2.24) is 24.3 Å². The summed E-state index contributed by atoms with van der Waals surface area (Å²) in [5, 5.41) is 4.36. The number of carbonyl (C=O) groups excluding carboxylic acids is 1. The molecule has 1 fully saturated rings. The van der Waals surface area contributed by atoms with Crippen LogP contribution in [0.15, 0.2) is 55.1 Å². The smallest absolute Gasteiger partial charge is 0.242 e. The van der Waals surface area contributed by atoms with E-state index >= 15 is 0 Å². The topological polar surface area (TPSA) is 81.9 Å². The Balaban J connectivity index is 1.30. The molecule has 1 N–H and O–H groups in total. The largest absolute Gasteiger partial charge is 0.365 e. The van der Waals surface area contributed by atoms with E-state index in [1.807, 2.05) is 64.8 Å². The summed E-state index contributed by atoms with van der Waals surface area (Å²) in [6, 6.07) is 9.76. The van der Waals surface area contributed by atoms with Gasteiger partial charge in [-0.2, -0.15) is 0 Å².